The van der Waals surface area contributed by atoms with Crippen molar-refractivity contribution in [2.45, 2.75) is 57.8 Å². The Balaban J connectivity index is 0.000000110. The van der Waals surface area contributed by atoms with E-state index in [2.05, 4.69) is 440 Å². The molecule has 9 aromatic heterocycles. The molecule has 0 saturated heterocycles. The van der Waals surface area contributed by atoms with Gasteiger partial charge in [-0.1, -0.05) is 315 Å². The molecule has 15 aromatic carbocycles. The van der Waals surface area contributed by atoms with Gasteiger partial charge in [-0.15, -0.1) is 0 Å². The zero-order valence-electron chi connectivity index (χ0n) is 76.9. The molecular formula is C126H90N12. The predicted octanol–water partition coefficient (Wildman–Crippen LogP) is 30.8. The molecule has 3 aliphatic rings. The maximum Gasteiger partial charge on any atom is 0.160 e. The molecule has 138 heavy (non-hydrogen) atoms. The fourth-order valence-electron chi connectivity index (χ4n) is 21.9. The summed E-state index contributed by atoms with van der Waals surface area (Å²) in [6.07, 6.45) is 9.18. The Morgan fingerprint density at radius 1 is 0.196 bits per heavy atom. The first-order chi connectivity index (χ1) is 67.7. The summed E-state index contributed by atoms with van der Waals surface area (Å²) >= 11 is 0. The lowest BCUT2D eigenvalue weighted by atomic mass is 9.80. The van der Waals surface area contributed by atoms with E-state index >= 15 is 0 Å². The zero-order valence-corrected chi connectivity index (χ0v) is 76.9. The fourth-order valence-corrected chi connectivity index (χ4v) is 21.9. The lowest BCUT2D eigenvalue weighted by Gasteiger charge is -2.24. The van der Waals surface area contributed by atoms with Crippen LogP contribution in [0.2, 0.25) is 0 Å². The summed E-state index contributed by atoms with van der Waals surface area (Å²) in [7, 11) is 0. The van der Waals surface area contributed by atoms with E-state index in [1.165, 1.54) is 115 Å². The quantitative estimate of drug-likeness (QED) is 0.117. The summed E-state index contributed by atoms with van der Waals surface area (Å²) in [6.45, 7) is 13.8. The van der Waals surface area contributed by atoms with E-state index in [-0.39, 0.29) is 16.2 Å². The first-order valence-corrected chi connectivity index (χ1v) is 47.1. The second-order valence-electron chi connectivity index (χ2n) is 37.6. The summed E-state index contributed by atoms with van der Waals surface area (Å²) in [5, 5.41) is 7.29. The van der Waals surface area contributed by atoms with Gasteiger partial charge in [0.05, 0.1) is 73.0 Å². The van der Waals surface area contributed by atoms with Crippen molar-refractivity contribution in [3.63, 3.8) is 0 Å². The average Bonchev–Trinajstić information content (AvgIpc) is 1.56. The van der Waals surface area contributed by atoms with Crippen LogP contribution in [-0.2, 0) is 16.2 Å². The van der Waals surface area contributed by atoms with Crippen LogP contribution in [-0.4, -0.2) is 58.6 Å². The highest BCUT2D eigenvalue weighted by molar-refractivity contribution is 6.14. The minimum Gasteiger partial charge on any atom is -0.309 e. The molecule has 12 heteroatoms. The number of pyridine rings is 3. The van der Waals surface area contributed by atoms with Crippen LogP contribution in [0, 0.1) is 0 Å². The van der Waals surface area contributed by atoms with Crippen LogP contribution in [0.5, 0.6) is 0 Å². The summed E-state index contributed by atoms with van der Waals surface area (Å²) in [4.78, 5) is 45.2. The largest absolute Gasteiger partial charge is 0.309 e. The van der Waals surface area contributed by atoms with Crippen molar-refractivity contribution in [3.8, 4) is 152 Å². The minimum atomic E-state index is -0.261. The third kappa shape index (κ3) is 13.7. The lowest BCUT2D eigenvalue weighted by Crippen LogP contribution is -2.17. The molecule has 0 aliphatic heterocycles. The monoisotopic (exact) mass is 1770 g/mol. The zero-order chi connectivity index (χ0) is 92.5. The highest BCUT2D eigenvalue weighted by Crippen LogP contribution is 2.56. The number of aromatic nitrogens is 12. The minimum absolute atomic E-state index is 0.252. The molecule has 0 saturated carbocycles. The molecule has 0 atom stereocenters. The molecular weight excluding hydrogens is 1680 g/mol. The van der Waals surface area contributed by atoms with Crippen LogP contribution in [0.25, 0.3) is 218 Å². The van der Waals surface area contributed by atoms with Gasteiger partial charge >= 0.3 is 0 Å². The molecule has 0 N–H and O–H groups in total. The second kappa shape index (κ2) is 32.9. The van der Waals surface area contributed by atoms with E-state index in [9.17, 15) is 0 Å². The molecule has 12 nitrogen and oxygen atoms in total. The number of hydrogen-bond acceptors (Lipinski definition) is 9. The average molecular weight is 1770 g/mol. The molecule has 0 bridgehead atoms. The van der Waals surface area contributed by atoms with E-state index in [0.717, 1.165) is 130 Å². The van der Waals surface area contributed by atoms with E-state index < -0.39 is 0 Å². The van der Waals surface area contributed by atoms with E-state index in [1.54, 1.807) is 6.20 Å². The Morgan fingerprint density at radius 3 is 0.928 bits per heavy atom. The van der Waals surface area contributed by atoms with E-state index in [1.807, 2.05) is 61.2 Å². The van der Waals surface area contributed by atoms with Gasteiger partial charge in [0.25, 0.3) is 0 Å². The summed E-state index contributed by atoms with van der Waals surface area (Å²) in [5.41, 5.74) is 39.3. The topological polar surface area (TPSA) is 131 Å². The van der Waals surface area contributed by atoms with Gasteiger partial charge in [0.15, 0.2) is 17.5 Å². The first kappa shape index (κ1) is 82.3. The van der Waals surface area contributed by atoms with Crippen LogP contribution in [0.3, 0.4) is 0 Å². The van der Waals surface area contributed by atoms with E-state index in [4.69, 9.17) is 29.9 Å². The molecule has 3 aliphatic carbocycles. The van der Waals surface area contributed by atoms with Crippen LogP contribution in [0.1, 0.15) is 74.9 Å². The van der Waals surface area contributed by atoms with Crippen molar-refractivity contribution < 1.29 is 0 Å². The number of para-hydroxylation sites is 6. The van der Waals surface area contributed by atoms with Crippen LogP contribution < -0.4 is 0 Å². The molecule has 654 valence electrons. The van der Waals surface area contributed by atoms with Gasteiger partial charge in [0.1, 0.15) is 0 Å². The molecule has 24 aromatic rings. The Morgan fingerprint density at radius 2 is 0.522 bits per heavy atom. The van der Waals surface area contributed by atoms with Crippen molar-refractivity contribution in [3.05, 3.63) is 471 Å². The smallest absolute Gasteiger partial charge is 0.160 e. The van der Waals surface area contributed by atoms with Gasteiger partial charge in [-0.25, -0.2) is 29.9 Å². The van der Waals surface area contributed by atoms with Gasteiger partial charge in [-0.05, 0) is 167 Å². The van der Waals surface area contributed by atoms with Gasteiger partial charge in [-0.3, -0.25) is 15.0 Å². The van der Waals surface area contributed by atoms with Crippen molar-refractivity contribution >= 4 is 65.4 Å². The van der Waals surface area contributed by atoms with Crippen LogP contribution in [0.15, 0.2) is 437 Å². The van der Waals surface area contributed by atoms with Gasteiger partial charge < -0.3 is 13.7 Å². The molecule has 0 fully saturated rings. The molecule has 0 spiro atoms. The van der Waals surface area contributed by atoms with Gasteiger partial charge in [-0.2, -0.15) is 0 Å². The van der Waals surface area contributed by atoms with Gasteiger partial charge in [0, 0.05) is 174 Å². The highest BCUT2D eigenvalue weighted by atomic mass is 15.0. The fraction of sp³-hybridized carbons (Fsp3) is 0.0714. The molecule has 27 rings (SSSR count). The standard InChI is InChI=1S/3C42H30N4/c1-42(2)35-19-8-6-18-33(35)40-38(42)39(44-41(45-40)29-13-10-12-27(24-29)30-14-11-23-43-26-30)28-21-22-37-34(25-28)32-17-7-9-20-36(32)46(37)31-15-4-3-5-16-31;1-42(2)34-19-8-6-18-32(34)40-38(42)39(44-41(45-40)29-14-12-13-27(25-29)35-20-10-11-24-43-35)28-22-23-37-33(26-28)31-17-7-9-21-36(31)46(37)30-15-4-3-5-16-30;1-42(2)35-14-8-6-13-33(35)40-38(42)39(44-41(45-40)29-18-16-27(17-19-29)28-22-24-43-25-23-28)30-20-21-37-34(26-30)32-12-7-9-15-36(32)46(37)31-10-4-3-5-11-31/h3*3-26H,1-2H3. The maximum atomic E-state index is 5.42. The third-order valence-corrected chi connectivity index (χ3v) is 28.4. The van der Waals surface area contributed by atoms with Crippen molar-refractivity contribution in [2.24, 2.45) is 0 Å². The summed E-state index contributed by atoms with van der Waals surface area (Å²) in [5.74, 6) is 2.17. The first-order valence-electron chi connectivity index (χ1n) is 47.1. The second-order valence-corrected chi connectivity index (χ2v) is 37.6. The van der Waals surface area contributed by atoms with Crippen LogP contribution in [0.4, 0.5) is 0 Å². The van der Waals surface area contributed by atoms with Crippen molar-refractivity contribution in [1.29, 1.82) is 0 Å². The number of nitrogens with zero attached hydrogens (tertiary/aromatic N) is 12. The molecule has 9 heterocycles. The summed E-state index contributed by atoms with van der Waals surface area (Å²) < 4.78 is 7.07. The van der Waals surface area contributed by atoms with Crippen molar-refractivity contribution in [1.82, 2.24) is 58.6 Å². The number of benzene rings is 15. The van der Waals surface area contributed by atoms with Crippen LogP contribution >= 0.6 is 0 Å². The van der Waals surface area contributed by atoms with E-state index in [0.29, 0.717) is 5.82 Å². The van der Waals surface area contributed by atoms with Gasteiger partial charge in [0.2, 0.25) is 0 Å². The maximum absolute atomic E-state index is 5.42. The number of hydrogen-bond donors (Lipinski definition) is 0. The van der Waals surface area contributed by atoms with Crippen molar-refractivity contribution in [2.75, 3.05) is 0 Å². The normalized spacial score (nSPS) is 13.2. The lowest BCUT2D eigenvalue weighted by molar-refractivity contribution is 0.657. The number of rotatable bonds is 12. The molecule has 0 radical (unpaired) electrons. The number of fused-ring (bicyclic) bond motifs is 18. The predicted molar refractivity (Wildman–Crippen MR) is 564 cm³/mol. The Labute approximate surface area is 799 Å². The third-order valence-electron chi connectivity index (χ3n) is 28.4. The molecule has 0 unspecified atom stereocenters. The Hall–Kier alpha value is -17.6. The Kier molecular flexibility index (Phi) is 19.6. The highest BCUT2D eigenvalue weighted by Gasteiger charge is 2.44. The Bertz CT molecular complexity index is 8600. The molecule has 0 amide bonds. The summed E-state index contributed by atoms with van der Waals surface area (Å²) in [6, 6.07) is 144. The SMILES string of the molecule is CC1(C)c2ccccc2-c2nc(-c3ccc(-c4ccncc4)cc3)nc(-c3ccc4c(c3)c3ccccc3n4-c3ccccc3)c21.CC1(C)c2ccccc2-c2nc(-c3cccc(-c4ccccn4)c3)nc(-c3ccc4c(c3)c3ccccc3n4-c3ccccc3)c21.CC1(C)c2ccccc2-c2nc(-c3cccc(-c4cccnc4)c3)nc(-c3ccc4c(c3)c3ccccc3n4-c3ccccc3)c21.